The molecule has 0 aliphatic carbocycles. The number of allylic oxidation sites excluding steroid dienone is 1. The molecule has 0 aliphatic heterocycles. The van der Waals surface area contributed by atoms with E-state index in [4.69, 9.17) is 4.74 Å². The van der Waals surface area contributed by atoms with Gasteiger partial charge >= 0.3 is 0 Å². The molecule has 3 aromatic rings. The van der Waals surface area contributed by atoms with Gasteiger partial charge in [-0.1, -0.05) is 54.6 Å². The Hall–Kier alpha value is -3.46. The molecule has 0 fully saturated rings. The molecule has 3 heteroatoms. The summed E-state index contributed by atoms with van der Waals surface area (Å²) in [6.45, 7) is 0.479. The molecule has 2 nitrogen and oxygen atoms in total. The molecule has 0 saturated heterocycles. The van der Waals surface area contributed by atoms with Crippen molar-refractivity contribution in [3.63, 3.8) is 0 Å². The Kier molecular flexibility index (Phi) is 6.31. The largest absolute Gasteiger partial charge is 0.490 e. The fraction of sp³-hybridized carbons (Fsp3) is 0.0417. The number of rotatable bonds is 7. The minimum absolute atomic E-state index is 0.165. The number of ether oxygens (including phenoxy) is 1. The lowest BCUT2D eigenvalue weighted by molar-refractivity contribution is 0.104. The first-order valence-electron chi connectivity index (χ1n) is 8.63. The fourth-order valence-electron chi connectivity index (χ4n) is 2.45. The van der Waals surface area contributed by atoms with Gasteiger partial charge in [0.15, 0.2) is 5.78 Å². The summed E-state index contributed by atoms with van der Waals surface area (Å²) in [5.74, 6) is 0.237. The smallest absolute Gasteiger partial charge is 0.185 e. The average Bonchev–Trinajstić information content (AvgIpc) is 2.71. The maximum absolute atomic E-state index is 12.9. The maximum Gasteiger partial charge on any atom is 0.185 e. The van der Waals surface area contributed by atoms with Gasteiger partial charge in [-0.05, 0) is 59.7 Å². The molecule has 0 spiro atoms. The third-order valence-electron chi connectivity index (χ3n) is 3.89. The zero-order valence-corrected chi connectivity index (χ0v) is 14.7. The van der Waals surface area contributed by atoms with Gasteiger partial charge in [-0.15, -0.1) is 0 Å². The van der Waals surface area contributed by atoms with Crippen LogP contribution in [0, 0.1) is 5.82 Å². The Morgan fingerprint density at radius 3 is 2.19 bits per heavy atom. The molecule has 27 heavy (non-hydrogen) atoms. The Bertz CT molecular complexity index is 924. The Labute approximate surface area is 158 Å². The van der Waals surface area contributed by atoms with Crippen molar-refractivity contribution in [1.82, 2.24) is 0 Å². The molecule has 0 radical (unpaired) electrons. The van der Waals surface area contributed by atoms with Crippen LogP contribution in [0.4, 0.5) is 4.39 Å². The van der Waals surface area contributed by atoms with E-state index in [1.54, 1.807) is 6.08 Å². The van der Waals surface area contributed by atoms with Crippen molar-refractivity contribution in [2.24, 2.45) is 0 Å². The van der Waals surface area contributed by atoms with Gasteiger partial charge in [0.2, 0.25) is 0 Å². The van der Waals surface area contributed by atoms with Gasteiger partial charge in [0.05, 0.1) is 0 Å². The third kappa shape index (κ3) is 5.79. The van der Waals surface area contributed by atoms with E-state index in [9.17, 15) is 9.18 Å². The number of carbonyl (C=O) groups excluding carboxylic acids is 1. The lowest BCUT2D eigenvalue weighted by Gasteiger charge is -2.03. The van der Waals surface area contributed by atoms with Crippen LogP contribution in [0.3, 0.4) is 0 Å². The van der Waals surface area contributed by atoms with E-state index in [-0.39, 0.29) is 11.6 Å². The average molecular weight is 358 g/mol. The van der Waals surface area contributed by atoms with Gasteiger partial charge in [0.1, 0.15) is 18.2 Å². The second kappa shape index (κ2) is 9.30. The number of benzene rings is 3. The summed E-state index contributed by atoms with van der Waals surface area (Å²) in [4.78, 5) is 12.0. The second-order valence-electron chi connectivity index (χ2n) is 5.90. The van der Waals surface area contributed by atoms with Gasteiger partial charge in [-0.25, -0.2) is 4.39 Å². The van der Waals surface area contributed by atoms with Gasteiger partial charge in [-0.2, -0.15) is 0 Å². The number of halogens is 1. The number of hydrogen-bond donors (Lipinski definition) is 0. The molecule has 0 aliphatic rings. The zero-order valence-electron chi connectivity index (χ0n) is 14.7. The first-order valence-corrected chi connectivity index (χ1v) is 8.63. The highest BCUT2D eigenvalue weighted by Gasteiger charge is 2.01. The first-order chi connectivity index (χ1) is 13.2. The monoisotopic (exact) mass is 358 g/mol. The van der Waals surface area contributed by atoms with E-state index in [2.05, 4.69) is 0 Å². The lowest BCUT2D eigenvalue weighted by atomic mass is 10.1. The Balaban J connectivity index is 1.51. The lowest BCUT2D eigenvalue weighted by Crippen LogP contribution is -1.94. The molecule has 134 valence electrons. The zero-order chi connectivity index (χ0) is 18.9. The summed E-state index contributed by atoms with van der Waals surface area (Å²) in [6.07, 6.45) is 7.18. The SMILES string of the molecule is O=C(C=Cc1ccc(OCC=Cc2ccccc2)cc1)c1ccc(F)cc1. The van der Waals surface area contributed by atoms with Crippen LogP contribution in [0.2, 0.25) is 0 Å². The highest BCUT2D eigenvalue weighted by Crippen LogP contribution is 2.14. The Morgan fingerprint density at radius 2 is 1.48 bits per heavy atom. The van der Waals surface area contributed by atoms with Gasteiger partial charge in [-0.3, -0.25) is 4.79 Å². The molecule has 0 unspecified atom stereocenters. The maximum atomic E-state index is 12.9. The van der Waals surface area contributed by atoms with E-state index < -0.39 is 0 Å². The molecular formula is C24H19FO2. The second-order valence-corrected chi connectivity index (χ2v) is 5.90. The summed E-state index contributed by atoms with van der Waals surface area (Å²) in [5, 5.41) is 0. The number of ketones is 1. The summed E-state index contributed by atoms with van der Waals surface area (Å²) >= 11 is 0. The van der Waals surface area contributed by atoms with Crippen LogP contribution in [-0.2, 0) is 0 Å². The van der Waals surface area contributed by atoms with Crippen molar-refractivity contribution in [3.8, 4) is 5.75 Å². The van der Waals surface area contributed by atoms with Crippen molar-refractivity contribution in [2.75, 3.05) is 6.61 Å². The van der Waals surface area contributed by atoms with Crippen LogP contribution >= 0.6 is 0 Å². The van der Waals surface area contributed by atoms with Crippen molar-refractivity contribution in [3.05, 3.63) is 114 Å². The van der Waals surface area contributed by atoms with Crippen LogP contribution < -0.4 is 4.74 Å². The Morgan fingerprint density at radius 1 is 0.815 bits per heavy atom. The molecular weight excluding hydrogens is 339 g/mol. The van der Waals surface area contributed by atoms with Crippen molar-refractivity contribution in [2.45, 2.75) is 0 Å². The molecule has 0 aromatic heterocycles. The minimum atomic E-state index is -0.357. The highest BCUT2D eigenvalue weighted by molar-refractivity contribution is 6.06. The molecule has 0 bridgehead atoms. The summed E-state index contributed by atoms with van der Waals surface area (Å²) in [7, 11) is 0. The van der Waals surface area contributed by atoms with E-state index >= 15 is 0 Å². The molecule has 0 heterocycles. The molecule has 0 saturated carbocycles. The van der Waals surface area contributed by atoms with E-state index in [0.717, 1.165) is 16.9 Å². The summed E-state index contributed by atoms with van der Waals surface area (Å²) < 4.78 is 18.6. The molecule has 0 N–H and O–H groups in total. The van der Waals surface area contributed by atoms with E-state index in [1.165, 1.54) is 30.3 Å². The molecule has 3 aromatic carbocycles. The normalized spacial score (nSPS) is 11.1. The van der Waals surface area contributed by atoms with Crippen molar-refractivity contribution < 1.29 is 13.9 Å². The van der Waals surface area contributed by atoms with Crippen LogP contribution in [0.5, 0.6) is 5.75 Å². The predicted octanol–water partition coefficient (Wildman–Crippen LogP) is 5.81. The molecule has 0 atom stereocenters. The standard InChI is InChI=1S/C24H19FO2/c25-22-13-11-21(12-14-22)24(26)17-10-20-8-15-23(16-9-20)27-18-4-7-19-5-2-1-3-6-19/h1-17H,18H2. The van der Waals surface area contributed by atoms with E-state index in [1.807, 2.05) is 66.7 Å². The molecule has 3 rings (SSSR count). The van der Waals surface area contributed by atoms with Crippen molar-refractivity contribution >= 4 is 17.9 Å². The van der Waals surface area contributed by atoms with Crippen LogP contribution in [0.15, 0.2) is 91.0 Å². The summed E-state index contributed by atoms with van der Waals surface area (Å²) in [6, 6.07) is 23.0. The molecule has 0 amide bonds. The minimum Gasteiger partial charge on any atom is -0.490 e. The van der Waals surface area contributed by atoms with Gasteiger partial charge in [0, 0.05) is 5.56 Å². The van der Waals surface area contributed by atoms with Crippen LogP contribution in [-0.4, -0.2) is 12.4 Å². The highest BCUT2D eigenvalue weighted by atomic mass is 19.1. The quantitative estimate of drug-likeness (QED) is 0.393. The predicted molar refractivity (Wildman–Crippen MR) is 107 cm³/mol. The fourth-order valence-corrected chi connectivity index (χ4v) is 2.45. The third-order valence-corrected chi connectivity index (χ3v) is 3.89. The van der Waals surface area contributed by atoms with Crippen LogP contribution in [0.25, 0.3) is 12.2 Å². The van der Waals surface area contributed by atoms with Gasteiger partial charge < -0.3 is 4.74 Å². The van der Waals surface area contributed by atoms with Gasteiger partial charge in [0.25, 0.3) is 0 Å². The van der Waals surface area contributed by atoms with Crippen molar-refractivity contribution in [1.29, 1.82) is 0 Å². The number of carbonyl (C=O) groups is 1. The van der Waals surface area contributed by atoms with E-state index in [0.29, 0.717) is 12.2 Å². The topological polar surface area (TPSA) is 26.3 Å². The first kappa shape index (κ1) is 18.3. The van der Waals surface area contributed by atoms with Crippen LogP contribution in [0.1, 0.15) is 21.5 Å². The number of hydrogen-bond acceptors (Lipinski definition) is 2. The summed E-state index contributed by atoms with van der Waals surface area (Å²) in [5.41, 5.74) is 2.47.